The summed E-state index contributed by atoms with van der Waals surface area (Å²) in [6.45, 7) is 4.02. The summed E-state index contributed by atoms with van der Waals surface area (Å²) in [6, 6.07) is 10.4. The smallest absolute Gasteiger partial charge is 0.349 e. The van der Waals surface area contributed by atoms with Gasteiger partial charge in [-0.25, -0.2) is 4.79 Å². The topological polar surface area (TPSA) is 64.6 Å². The van der Waals surface area contributed by atoms with Crippen LogP contribution >= 0.6 is 11.3 Å². The molecule has 0 aliphatic carbocycles. The van der Waals surface area contributed by atoms with Gasteiger partial charge in [-0.1, -0.05) is 6.07 Å². The van der Waals surface area contributed by atoms with Gasteiger partial charge in [0, 0.05) is 5.69 Å². The molecule has 1 unspecified atom stereocenters. The Kier molecular flexibility index (Phi) is 5.55. The standard InChI is InChI=1S/C16H17NO4S/c1-3-20-13-8-6-12(7-9-13)17-15(18)11(2)21-16(19)14-5-4-10-22-14/h4-11H,3H2,1-2H3,(H,17,18). The van der Waals surface area contributed by atoms with Crippen LogP contribution in [0.5, 0.6) is 5.75 Å². The van der Waals surface area contributed by atoms with Crippen LogP contribution in [0.3, 0.4) is 0 Å². The molecule has 0 radical (unpaired) electrons. The summed E-state index contributed by atoms with van der Waals surface area (Å²) in [5.41, 5.74) is 0.618. The number of nitrogens with one attached hydrogen (secondary N) is 1. The van der Waals surface area contributed by atoms with E-state index in [0.717, 1.165) is 5.75 Å². The Hall–Kier alpha value is -2.34. The number of anilines is 1. The molecule has 0 saturated heterocycles. The molecule has 1 heterocycles. The molecule has 1 atom stereocenters. The summed E-state index contributed by atoms with van der Waals surface area (Å²) in [5.74, 6) is -0.143. The summed E-state index contributed by atoms with van der Waals surface area (Å²) in [6.07, 6.45) is -0.874. The van der Waals surface area contributed by atoms with E-state index in [2.05, 4.69) is 5.32 Å². The first-order valence-electron chi connectivity index (χ1n) is 6.88. The molecule has 1 aromatic heterocycles. The van der Waals surface area contributed by atoms with Crippen molar-refractivity contribution in [2.24, 2.45) is 0 Å². The molecule has 0 spiro atoms. The molecule has 1 amide bonds. The summed E-state index contributed by atoms with van der Waals surface area (Å²) in [4.78, 5) is 24.3. The molecule has 1 aromatic carbocycles. The Morgan fingerprint density at radius 3 is 2.55 bits per heavy atom. The highest BCUT2D eigenvalue weighted by molar-refractivity contribution is 7.11. The largest absolute Gasteiger partial charge is 0.494 e. The number of carbonyl (C=O) groups excluding carboxylic acids is 2. The molecular weight excluding hydrogens is 302 g/mol. The van der Waals surface area contributed by atoms with Gasteiger partial charge in [-0.15, -0.1) is 11.3 Å². The Bertz CT molecular complexity index is 622. The molecule has 6 heteroatoms. The SMILES string of the molecule is CCOc1ccc(NC(=O)C(C)OC(=O)c2cccs2)cc1. The third-order valence-electron chi connectivity index (χ3n) is 2.81. The number of amides is 1. The average Bonchev–Trinajstić information content (AvgIpc) is 3.04. The van der Waals surface area contributed by atoms with Gasteiger partial charge >= 0.3 is 5.97 Å². The van der Waals surface area contributed by atoms with Crippen molar-refractivity contribution in [3.63, 3.8) is 0 Å². The van der Waals surface area contributed by atoms with Crippen LogP contribution in [-0.4, -0.2) is 24.6 Å². The highest BCUT2D eigenvalue weighted by Gasteiger charge is 2.19. The number of hydrogen-bond acceptors (Lipinski definition) is 5. The number of carbonyl (C=O) groups is 2. The lowest BCUT2D eigenvalue weighted by atomic mass is 10.3. The second kappa shape index (κ2) is 7.61. The van der Waals surface area contributed by atoms with E-state index in [1.165, 1.54) is 18.3 Å². The lowest BCUT2D eigenvalue weighted by Crippen LogP contribution is -2.29. The Morgan fingerprint density at radius 2 is 1.95 bits per heavy atom. The van der Waals surface area contributed by atoms with Gasteiger partial charge in [-0.2, -0.15) is 0 Å². The van der Waals surface area contributed by atoms with E-state index in [1.807, 2.05) is 6.92 Å². The number of esters is 1. The fourth-order valence-electron chi connectivity index (χ4n) is 1.71. The number of thiophene rings is 1. The van der Waals surface area contributed by atoms with Gasteiger partial charge < -0.3 is 14.8 Å². The number of rotatable bonds is 6. The predicted octanol–water partition coefficient (Wildman–Crippen LogP) is 3.33. The number of ether oxygens (including phenoxy) is 2. The summed E-state index contributed by atoms with van der Waals surface area (Å²) < 4.78 is 10.5. The van der Waals surface area contributed by atoms with Gasteiger partial charge in [0.2, 0.25) is 0 Å². The van der Waals surface area contributed by atoms with Crippen LogP contribution in [0.25, 0.3) is 0 Å². The minimum atomic E-state index is -0.874. The quantitative estimate of drug-likeness (QED) is 0.830. The van der Waals surface area contributed by atoms with Gasteiger partial charge in [0.05, 0.1) is 6.61 Å². The van der Waals surface area contributed by atoms with E-state index in [0.29, 0.717) is 17.2 Å². The molecule has 116 valence electrons. The van der Waals surface area contributed by atoms with Crippen LogP contribution in [0.1, 0.15) is 23.5 Å². The van der Waals surface area contributed by atoms with Crippen molar-refractivity contribution < 1.29 is 19.1 Å². The fraction of sp³-hybridized carbons (Fsp3) is 0.250. The van der Waals surface area contributed by atoms with Crippen molar-refractivity contribution in [3.05, 3.63) is 46.7 Å². The van der Waals surface area contributed by atoms with Crippen molar-refractivity contribution in [3.8, 4) is 5.75 Å². The van der Waals surface area contributed by atoms with Crippen molar-refractivity contribution in [1.82, 2.24) is 0 Å². The van der Waals surface area contributed by atoms with Crippen LogP contribution in [0.15, 0.2) is 41.8 Å². The lowest BCUT2D eigenvalue weighted by molar-refractivity contribution is -0.123. The first-order valence-corrected chi connectivity index (χ1v) is 7.76. The maximum atomic E-state index is 12.0. The molecule has 2 aromatic rings. The fourth-order valence-corrected chi connectivity index (χ4v) is 2.32. The zero-order valence-corrected chi connectivity index (χ0v) is 13.2. The number of benzene rings is 1. The minimum absolute atomic E-state index is 0.380. The van der Waals surface area contributed by atoms with Crippen LogP contribution in [0.2, 0.25) is 0 Å². The summed E-state index contributed by atoms with van der Waals surface area (Å²) in [5, 5.41) is 4.47. The molecule has 5 nitrogen and oxygen atoms in total. The highest BCUT2D eigenvalue weighted by Crippen LogP contribution is 2.16. The highest BCUT2D eigenvalue weighted by atomic mass is 32.1. The molecule has 22 heavy (non-hydrogen) atoms. The first-order chi connectivity index (χ1) is 10.6. The van der Waals surface area contributed by atoms with E-state index < -0.39 is 12.1 Å². The molecule has 0 aliphatic heterocycles. The zero-order chi connectivity index (χ0) is 15.9. The van der Waals surface area contributed by atoms with E-state index in [-0.39, 0.29) is 5.91 Å². The van der Waals surface area contributed by atoms with Crippen molar-refractivity contribution in [1.29, 1.82) is 0 Å². The first kappa shape index (κ1) is 16.0. The van der Waals surface area contributed by atoms with E-state index in [1.54, 1.807) is 41.8 Å². The molecule has 0 aliphatic rings. The monoisotopic (exact) mass is 319 g/mol. The van der Waals surface area contributed by atoms with Crippen LogP contribution in [0, 0.1) is 0 Å². The van der Waals surface area contributed by atoms with Crippen LogP contribution in [0.4, 0.5) is 5.69 Å². The minimum Gasteiger partial charge on any atom is -0.494 e. The van der Waals surface area contributed by atoms with E-state index in [4.69, 9.17) is 9.47 Å². The summed E-state index contributed by atoms with van der Waals surface area (Å²) >= 11 is 1.27. The van der Waals surface area contributed by atoms with Gasteiger partial charge in [0.25, 0.3) is 5.91 Å². The van der Waals surface area contributed by atoms with E-state index in [9.17, 15) is 9.59 Å². The Balaban J connectivity index is 1.89. The van der Waals surface area contributed by atoms with Crippen molar-refractivity contribution >= 4 is 28.9 Å². The van der Waals surface area contributed by atoms with Crippen molar-refractivity contribution in [2.75, 3.05) is 11.9 Å². The lowest BCUT2D eigenvalue weighted by Gasteiger charge is -2.13. The second-order valence-corrected chi connectivity index (χ2v) is 5.42. The van der Waals surface area contributed by atoms with Gasteiger partial charge in [-0.05, 0) is 49.6 Å². The molecule has 1 N–H and O–H groups in total. The zero-order valence-electron chi connectivity index (χ0n) is 12.4. The molecule has 0 bridgehead atoms. The Labute approximate surface area is 132 Å². The average molecular weight is 319 g/mol. The second-order valence-electron chi connectivity index (χ2n) is 4.47. The molecule has 0 saturated carbocycles. The molecule has 2 rings (SSSR count). The number of hydrogen-bond donors (Lipinski definition) is 1. The van der Waals surface area contributed by atoms with Crippen LogP contribution < -0.4 is 10.1 Å². The molecular formula is C16H17NO4S. The molecule has 0 fully saturated rings. The van der Waals surface area contributed by atoms with Gasteiger partial charge in [0.15, 0.2) is 6.10 Å². The van der Waals surface area contributed by atoms with Gasteiger partial charge in [0.1, 0.15) is 10.6 Å². The predicted molar refractivity (Wildman–Crippen MR) is 85.4 cm³/mol. The van der Waals surface area contributed by atoms with E-state index >= 15 is 0 Å². The summed E-state index contributed by atoms with van der Waals surface area (Å²) in [7, 11) is 0. The maximum absolute atomic E-state index is 12.0. The normalized spacial score (nSPS) is 11.5. The maximum Gasteiger partial charge on any atom is 0.349 e. The Morgan fingerprint density at radius 1 is 1.23 bits per heavy atom. The third kappa shape index (κ3) is 4.33. The third-order valence-corrected chi connectivity index (χ3v) is 3.66. The van der Waals surface area contributed by atoms with Crippen molar-refractivity contribution in [2.45, 2.75) is 20.0 Å². The van der Waals surface area contributed by atoms with Gasteiger partial charge in [-0.3, -0.25) is 4.79 Å². The van der Waals surface area contributed by atoms with Crippen LogP contribution in [-0.2, 0) is 9.53 Å².